The number of nitrogens with zero attached hydrogens (tertiary/aromatic N) is 2. The number of aromatic nitrogens is 2. The summed E-state index contributed by atoms with van der Waals surface area (Å²) in [6, 6.07) is 17.8. The average molecular weight is 236 g/mol. The molecule has 88 valence electrons. The van der Waals surface area contributed by atoms with E-state index in [1.165, 1.54) is 0 Å². The maximum atomic E-state index is 5.30. The highest BCUT2D eigenvalue weighted by Crippen LogP contribution is 2.23. The van der Waals surface area contributed by atoms with Gasteiger partial charge in [0, 0.05) is 11.1 Å². The molecule has 0 N–H and O–H groups in total. The molecule has 3 aromatic rings. The van der Waals surface area contributed by atoms with Crippen molar-refractivity contribution in [1.82, 2.24) is 10.1 Å². The zero-order valence-corrected chi connectivity index (χ0v) is 10.00. The first-order valence-corrected chi connectivity index (χ1v) is 5.80. The number of aryl methyl sites for hydroxylation is 1. The Labute approximate surface area is 105 Å². The van der Waals surface area contributed by atoms with E-state index in [-0.39, 0.29) is 0 Å². The summed E-state index contributed by atoms with van der Waals surface area (Å²) in [5.74, 6) is 1.18. The Balaban J connectivity index is 2.03. The topological polar surface area (TPSA) is 38.9 Å². The van der Waals surface area contributed by atoms with E-state index in [9.17, 15) is 0 Å². The Morgan fingerprint density at radius 1 is 0.889 bits per heavy atom. The first-order valence-electron chi connectivity index (χ1n) is 5.80. The van der Waals surface area contributed by atoms with Crippen molar-refractivity contribution in [3.63, 3.8) is 0 Å². The highest BCUT2D eigenvalue weighted by atomic mass is 16.5. The third-order valence-electron chi connectivity index (χ3n) is 2.83. The molecule has 1 aromatic heterocycles. The van der Waals surface area contributed by atoms with Crippen molar-refractivity contribution >= 4 is 0 Å². The Hall–Kier alpha value is -2.42. The van der Waals surface area contributed by atoms with Crippen LogP contribution in [-0.2, 0) is 0 Å². The van der Waals surface area contributed by atoms with Crippen LogP contribution in [-0.4, -0.2) is 10.1 Å². The largest absolute Gasteiger partial charge is 0.334 e. The second-order valence-electron chi connectivity index (χ2n) is 4.10. The van der Waals surface area contributed by atoms with Crippen LogP contribution in [0.15, 0.2) is 59.1 Å². The minimum absolute atomic E-state index is 0.550. The number of hydrogen-bond donors (Lipinski definition) is 0. The SMILES string of the molecule is Cc1ccccc1-c1noc(-c2ccccc2)n1. The Kier molecular flexibility index (Phi) is 2.65. The van der Waals surface area contributed by atoms with Crippen molar-refractivity contribution in [2.45, 2.75) is 6.92 Å². The first kappa shape index (κ1) is 10.7. The predicted molar refractivity (Wildman–Crippen MR) is 69.9 cm³/mol. The van der Waals surface area contributed by atoms with Gasteiger partial charge < -0.3 is 4.52 Å². The fourth-order valence-corrected chi connectivity index (χ4v) is 1.85. The molecule has 2 aromatic carbocycles. The fraction of sp³-hybridized carbons (Fsp3) is 0.0667. The second kappa shape index (κ2) is 4.45. The van der Waals surface area contributed by atoms with Gasteiger partial charge in [-0.05, 0) is 24.6 Å². The van der Waals surface area contributed by atoms with Gasteiger partial charge in [0.15, 0.2) is 0 Å². The predicted octanol–water partition coefficient (Wildman–Crippen LogP) is 3.71. The zero-order chi connectivity index (χ0) is 12.4. The summed E-state index contributed by atoms with van der Waals surface area (Å²) in [6.07, 6.45) is 0. The quantitative estimate of drug-likeness (QED) is 0.680. The molecular formula is C15H12N2O. The van der Waals surface area contributed by atoms with Crippen LogP contribution in [0.4, 0.5) is 0 Å². The summed E-state index contributed by atoms with van der Waals surface area (Å²) in [7, 11) is 0. The van der Waals surface area contributed by atoms with Crippen molar-refractivity contribution in [3.8, 4) is 22.8 Å². The molecular weight excluding hydrogens is 224 g/mol. The highest BCUT2D eigenvalue weighted by molar-refractivity contribution is 5.62. The third kappa shape index (κ3) is 1.91. The molecule has 0 aliphatic carbocycles. The summed E-state index contributed by atoms with van der Waals surface area (Å²) in [4.78, 5) is 4.43. The van der Waals surface area contributed by atoms with Crippen molar-refractivity contribution < 1.29 is 4.52 Å². The van der Waals surface area contributed by atoms with E-state index >= 15 is 0 Å². The Morgan fingerprint density at radius 2 is 1.61 bits per heavy atom. The number of rotatable bonds is 2. The molecule has 0 saturated carbocycles. The van der Waals surface area contributed by atoms with Crippen LogP contribution in [0.25, 0.3) is 22.8 Å². The first-order chi connectivity index (χ1) is 8.84. The van der Waals surface area contributed by atoms with Crippen molar-refractivity contribution in [1.29, 1.82) is 0 Å². The summed E-state index contributed by atoms with van der Waals surface area (Å²) >= 11 is 0. The van der Waals surface area contributed by atoms with Crippen LogP contribution in [0, 0.1) is 6.92 Å². The van der Waals surface area contributed by atoms with Crippen LogP contribution in [0.2, 0.25) is 0 Å². The molecule has 0 unspecified atom stereocenters. The van der Waals surface area contributed by atoms with Gasteiger partial charge in [-0.3, -0.25) is 0 Å². The summed E-state index contributed by atoms with van der Waals surface area (Å²) in [6.45, 7) is 2.04. The van der Waals surface area contributed by atoms with Gasteiger partial charge in [0.1, 0.15) is 0 Å². The molecule has 0 aliphatic rings. The minimum Gasteiger partial charge on any atom is -0.334 e. The molecule has 3 heteroatoms. The highest BCUT2D eigenvalue weighted by Gasteiger charge is 2.11. The van der Waals surface area contributed by atoms with Gasteiger partial charge in [-0.25, -0.2) is 0 Å². The minimum atomic E-state index is 0.550. The van der Waals surface area contributed by atoms with Crippen LogP contribution < -0.4 is 0 Å². The maximum absolute atomic E-state index is 5.30. The smallest absolute Gasteiger partial charge is 0.258 e. The van der Waals surface area contributed by atoms with Crippen LogP contribution in [0.5, 0.6) is 0 Å². The van der Waals surface area contributed by atoms with E-state index in [4.69, 9.17) is 4.52 Å². The zero-order valence-electron chi connectivity index (χ0n) is 10.00. The maximum Gasteiger partial charge on any atom is 0.258 e. The lowest BCUT2D eigenvalue weighted by Crippen LogP contribution is -1.84. The number of hydrogen-bond acceptors (Lipinski definition) is 3. The molecule has 0 aliphatic heterocycles. The lowest BCUT2D eigenvalue weighted by atomic mass is 10.1. The third-order valence-corrected chi connectivity index (χ3v) is 2.83. The van der Waals surface area contributed by atoms with Gasteiger partial charge in [0.2, 0.25) is 5.82 Å². The van der Waals surface area contributed by atoms with Gasteiger partial charge in [-0.1, -0.05) is 47.6 Å². The average Bonchev–Trinajstić information content (AvgIpc) is 2.90. The molecule has 3 nitrogen and oxygen atoms in total. The van der Waals surface area contributed by atoms with E-state index in [1.54, 1.807) is 0 Å². The van der Waals surface area contributed by atoms with Gasteiger partial charge >= 0.3 is 0 Å². The number of benzene rings is 2. The van der Waals surface area contributed by atoms with Gasteiger partial charge in [0.05, 0.1) is 0 Å². The van der Waals surface area contributed by atoms with Crippen molar-refractivity contribution in [2.75, 3.05) is 0 Å². The van der Waals surface area contributed by atoms with E-state index < -0.39 is 0 Å². The van der Waals surface area contributed by atoms with Crippen molar-refractivity contribution in [3.05, 3.63) is 60.2 Å². The second-order valence-corrected chi connectivity index (χ2v) is 4.10. The standard InChI is InChI=1S/C15H12N2O/c1-11-7-5-6-10-13(11)14-16-15(18-17-14)12-8-3-2-4-9-12/h2-10H,1H3. The molecule has 0 bridgehead atoms. The lowest BCUT2D eigenvalue weighted by Gasteiger charge is -1.98. The lowest BCUT2D eigenvalue weighted by molar-refractivity contribution is 0.432. The molecule has 3 rings (SSSR count). The van der Waals surface area contributed by atoms with E-state index in [2.05, 4.69) is 10.1 Å². The molecule has 0 radical (unpaired) electrons. The van der Waals surface area contributed by atoms with Gasteiger partial charge in [-0.15, -0.1) is 0 Å². The molecule has 0 fully saturated rings. The molecule has 0 saturated heterocycles. The molecule has 0 atom stereocenters. The van der Waals surface area contributed by atoms with Crippen LogP contribution >= 0.6 is 0 Å². The normalized spacial score (nSPS) is 10.5. The molecule has 1 heterocycles. The molecule has 0 amide bonds. The summed E-state index contributed by atoms with van der Waals surface area (Å²) in [5, 5.41) is 4.04. The van der Waals surface area contributed by atoms with Gasteiger partial charge in [0.25, 0.3) is 5.89 Å². The Morgan fingerprint density at radius 3 is 2.39 bits per heavy atom. The van der Waals surface area contributed by atoms with E-state index in [0.29, 0.717) is 11.7 Å². The van der Waals surface area contributed by atoms with E-state index in [0.717, 1.165) is 16.7 Å². The summed E-state index contributed by atoms with van der Waals surface area (Å²) in [5.41, 5.74) is 3.08. The van der Waals surface area contributed by atoms with Crippen LogP contribution in [0.3, 0.4) is 0 Å². The van der Waals surface area contributed by atoms with Gasteiger partial charge in [-0.2, -0.15) is 4.98 Å². The van der Waals surface area contributed by atoms with E-state index in [1.807, 2.05) is 61.5 Å². The molecule has 0 spiro atoms. The van der Waals surface area contributed by atoms with Crippen LogP contribution in [0.1, 0.15) is 5.56 Å². The summed E-state index contributed by atoms with van der Waals surface area (Å²) < 4.78 is 5.30. The van der Waals surface area contributed by atoms with Crippen molar-refractivity contribution in [2.24, 2.45) is 0 Å². The fourth-order valence-electron chi connectivity index (χ4n) is 1.85. The Bertz CT molecular complexity index is 659. The molecule has 18 heavy (non-hydrogen) atoms. The monoisotopic (exact) mass is 236 g/mol.